The second kappa shape index (κ2) is 13.3. The molecule has 1 aliphatic heterocycles. The number of likely N-dealkylation sites (tertiary alicyclic amines) is 1. The molecule has 1 N–H and O–H groups in total. The van der Waals surface area contributed by atoms with E-state index in [0.29, 0.717) is 29.6 Å². The number of benzene rings is 3. The number of halogens is 3. The third-order valence-electron chi connectivity index (χ3n) is 7.63. The number of nitrogens with one attached hydrogen (secondary N) is 1. The number of anilines is 2. The standard InChI is InChI=1S/C33H39ClF2N4/c1-6-24(4)37-32(29-12-8-9-13-30(29)34)28-16-15-27(21-23(28)3)38-26-17-19-39(20-18-26)25(5)40(33(35)36)31-14-10-7-11-22(31)2/h7-16,21,24,26,33,38H,5-6,17-20H2,1-4H3. The molecule has 1 heterocycles. The fraction of sp³-hybridized carbons (Fsp3) is 0.364. The third kappa shape index (κ3) is 6.84. The van der Waals surface area contributed by atoms with Crippen molar-refractivity contribution in [1.29, 1.82) is 0 Å². The average Bonchev–Trinajstić information content (AvgIpc) is 2.94. The van der Waals surface area contributed by atoms with Crippen molar-refractivity contribution in [2.75, 3.05) is 23.3 Å². The molecule has 4 rings (SSSR count). The lowest BCUT2D eigenvalue weighted by molar-refractivity contribution is 0.134. The van der Waals surface area contributed by atoms with Crippen LogP contribution in [0.2, 0.25) is 5.02 Å². The molecule has 0 aliphatic carbocycles. The first-order valence-electron chi connectivity index (χ1n) is 14.0. The highest BCUT2D eigenvalue weighted by Gasteiger charge is 2.28. The van der Waals surface area contributed by atoms with Crippen molar-refractivity contribution in [3.8, 4) is 0 Å². The van der Waals surface area contributed by atoms with Crippen LogP contribution in [-0.4, -0.2) is 42.3 Å². The van der Waals surface area contributed by atoms with Gasteiger partial charge in [-0.25, -0.2) is 0 Å². The van der Waals surface area contributed by atoms with Gasteiger partial charge in [0, 0.05) is 47.0 Å². The van der Waals surface area contributed by atoms with Crippen molar-refractivity contribution in [2.45, 2.75) is 65.6 Å². The Morgan fingerprint density at radius 1 is 1.02 bits per heavy atom. The van der Waals surface area contributed by atoms with Crippen LogP contribution in [0.3, 0.4) is 0 Å². The summed E-state index contributed by atoms with van der Waals surface area (Å²) in [5.41, 5.74) is 6.35. The number of piperidine rings is 1. The first-order chi connectivity index (χ1) is 19.2. The highest BCUT2D eigenvalue weighted by atomic mass is 35.5. The van der Waals surface area contributed by atoms with E-state index in [-0.39, 0.29) is 12.1 Å². The van der Waals surface area contributed by atoms with Crippen LogP contribution in [0.25, 0.3) is 0 Å². The molecule has 1 unspecified atom stereocenters. The molecule has 0 bridgehead atoms. The Morgan fingerprint density at radius 2 is 1.70 bits per heavy atom. The molecule has 7 heteroatoms. The predicted octanol–water partition coefficient (Wildman–Crippen LogP) is 8.67. The third-order valence-corrected chi connectivity index (χ3v) is 7.96. The summed E-state index contributed by atoms with van der Waals surface area (Å²) in [7, 11) is 0. The Morgan fingerprint density at radius 3 is 2.33 bits per heavy atom. The summed E-state index contributed by atoms with van der Waals surface area (Å²) >= 11 is 6.57. The van der Waals surface area contributed by atoms with Gasteiger partial charge in [0.15, 0.2) is 0 Å². The largest absolute Gasteiger partial charge is 0.382 e. The molecule has 0 spiro atoms. The van der Waals surface area contributed by atoms with Gasteiger partial charge in [0.05, 0.1) is 11.4 Å². The number of aryl methyl sites for hydroxylation is 2. The zero-order valence-electron chi connectivity index (χ0n) is 23.8. The predicted molar refractivity (Wildman–Crippen MR) is 165 cm³/mol. The fourth-order valence-corrected chi connectivity index (χ4v) is 5.35. The molecule has 1 atom stereocenters. The van der Waals surface area contributed by atoms with E-state index in [4.69, 9.17) is 16.6 Å². The van der Waals surface area contributed by atoms with Gasteiger partial charge in [0.2, 0.25) is 0 Å². The molecule has 0 amide bonds. The van der Waals surface area contributed by atoms with E-state index in [2.05, 4.69) is 50.9 Å². The molecule has 40 heavy (non-hydrogen) atoms. The molecule has 0 aromatic heterocycles. The van der Waals surface area contributed by atoms with Crippen LogP contribution in [0.1, 0.15) is 55.4 Å². The van der Waals surface area contributed by atoms with E-state index in [1.54, 1.807) is 12.1 Å². The zero-order valence-corrected chi connectivity index (χ0v) is 24.6. The van der Waals surface area contributed by atoms with E-state index in [9.17, 15) is 8.78 Å². The van der Waals surface area contributed by atoms with Crippen LogP contribution in [0, 0.1) is 13.8 Å². The van der Waals surface area contributed by atoms with Crippen molar-refractivity contribution >= 4 is 28.7 Å². The minimum atomic E-state index is -2.66. The molecular weight excluding hydrogens is 526 g/mol. The van der Waals surface area contributed by atoms with Crippen molar-refractivity contribution in [3.63, 3.8) is 0 Å². The maximum atomic E-state index is 14.1. The second-order valence-electron chi connectivity index (χ2n) is 10.5. The topological polar surface area (TPSA) is 30.9 Å². The molecular formula is C33H39ClF2N4. The summed E-state index contributed by atoms with van der Waals surface area (Å²) < 4.78 is 28.2. The molecule has 3 aromatic rings. The van der Waals surface area contributed by atoms with Gasteiger partial charge in [0.1, 0.15) is 5.82 Å². The molecule has 1 saturated heterocycles. The van der Waals surface area contributed by atoms with E-state index < -0.39 is 6.55 Å². The van der Waals surface area contributed by atoms with Gasteiger partial charge in [-0.05, 0) is 75.4 Å². The quantitative estimate of drug-likeness (QED) is 0.197. The van der Waals surface area contributed by atoms with E-state index in [1.807, 2.05) is 48.2 Å². The maximum absolute atomic E-state index is 14.1. The van der Waals surface area contributed by atoms with Gasteiger partial charge in [-0.15, -0.1) is 0 Å². The molecule has 212 valence electrons. The van der Waals surface area contributed by atoms with Crippen LogP contribution in [-0.2, 0) is 0 Å². The van der Waals surface area contributed by atoms with Gasteiger partial charge < -0.3 is 10.2 Å². The van der Waals surface area contributed by atoms with Gasteiger partial charge in [-0.2, -0.15) is 8.78 Å². The number of aliphatic imine (C=N–C) groups is 1. The number of nitrogens with zero attached hydrogens (tertiary/aromatic N) is 3. The van der Waals surface area contributed by atoms with Gasteiger partial charge in [-0.3, -0.25) is 9.89 Å². The van der Waals surface area contributed by atoms with Crippen LogP contribution < -0.4 is 10.2 Å². The number of alkyl halides is 2. The van der Waals surface area contributed by atoms with Crippen molar-refractivity contribution < 1.29 is 8.78 Å². The van der Waals surface area contributed by atoms with Crippen molar-refractivity contribution in [2.24, 2.45) is 4.99 Å². The van der Waals surface area contributed by atoms with Crippen LogP contribution >= 0.6 is 11.6 Å². The number of para-hydroxylation sites is 1. The molecule has 1 fully saturated rings. The van der Waals surface area contributed by atoms with Crippen LogP contribution in [0.4, 0.5) is 20.2 Å². The highest BCUT2D eigenvalue weighted by Crippen LogP contribution is 2.30. The first kappa shape index (κ1) is 29.6. The van der Waals surface area contributed by atoms with Crippen LogP contribution in [0.5, 0.6) is 0 Å². The number of rotatable bonds is 10. The Labute approximate surface area is 242 Å². The van der Waals surface area contributed by atoms with Gasteiger partial charge in [0.25, 0.3) is 0 Å². The summed E-state index contributed by atoms with van der Waals surface area (Å²) in [6, 6.07) is 21.8. The summed E-state index contributed by atoms with van der Waals surface area (Å²) in [6.07, 6.45) is 2.59. The van der Waals surface area contributed by atoms with E-state index >= 15 is 0 Å². The molecule has 0 radical (unpaired) electrons. The monoisotopic (exact) mass is 564 g/mol. The highest BCUT2D eigenvalue weighted by molar-refractivity contribution is 6.35. The Balaban J connectivity index is 1.45. The Hall–Kier alpha value is -3.38. The van der Waals surface area contributed by atoms with E-state index in [0.717, 1.165) is 57.8 Å². The van der Waals surface area contributed by atoms with Crippen molar-refractivity contribution in [1.82, 2.24) is 4.90 Å². The number of hydrogen-bond acceptors (Lipinski definition) is 4. The zero-order chi connectivity index (χ0) is 28.8. The summed E-state index contributed by atoms with van der Waals surface area (Å²) in [5, 5.41) is 4.35. The molecule has 4 nitrogen and oxygen atoms in total. The summed E-state index contributed by atoms with van der Waals surface area (Å²) in [6.45, 7) is 10.9. The lowest BCUT2D eigenvalue weighted by Crippen LogP contribution is -2.44. The summed E-state index contributed by atoms with van der Waals surface area (Å²) in [4.78, 5) is 8.03. The lowest BCUT2D eigenvalue weighted by atomic mass is 9.96. The van der Waals surface area contributed by atoms with E-state index in [1.165, 1.54) is 0 Å². The minimum absolute atomic E-state index is 0.176. The summed E-state index contributed by atoms with van der Waals surface area (Å²) in [5.74, 6) is 0.343. The van der Waals surface area contributed by atoms with Gasteiger partial charge >= 0.3 is 6.55 Å². The second-order valence-corrected chi connectivity index (χ2v) is 10.9. The first-order valence-corrected chi connectivity index (χ1v) is 14.3. The molecule has 1 aliphatic rings. The van der Waals surface area contributed by atoms with Gasteiger partial charge in [-0.1, -0.05) is 67.6 Å². The molecule has 0 saturated carbocycles. The van der Waals surface area contributed by atoms with Crippen molar-refractivity contribution in [3.05, 3.63) is 106 Å². The fourth-order valence-electron chi connectivity index (χ4n) is 5.13. The van der Waals surface area contributed by atoms with Crippen LogP contribution in [0.15, 0.2) is 84.1 Å². The maximum Gasteiger partial charge on any atom is 0.320 e. The minimum Gasteiger partial charge on any atom is -0.382 e. The SMILES string of the molecule is C=C(N1CCC(Nc2ccc(C(=NC(C)CC)c3ccccc3Cl)c(C)c2)CC1)N(c1ccccc1C)C(F)F. The lowest BCUT2D eigenvalue weighted by Gasteiger charge is -2.40. The average molecular weight is 565 g/mol. The molecule has 3 aromatic carbocycles. The smallest absolute Gasteiger partial charge is 0.320 e. The number of hydrogen-bond donors (Lipinski definition) is 1. The normalized spacial score (nSPS) is 15.3. The Kier molecular flexibility index (Phi) is 9.85. The Bertz CT molecular complexity index is 1350.